The topological polar surface area (TPSA) is 47.8 Å². The van der Waals surface area contributed by atoms with E-state index in [2.05, 4.69) is 10.1 Å². The number of benzene rings is 1. The lowest BCUT2D eigenvalue weighted by Crippen LogP contribution is -2.45. The maximum Gasteiger partial charge on any atom is 0.198 e. The molecule has 1 aromatic rings. The van der Waals surface area contributed by atoms with Gasteiger partial charge in [-0.05, 0) is 17.7 Å². The van der Waals surface area contributed by atoms with E-state index in [1.54, 1.807) is 14.1 Å². The van der Waals surface area contributed by atoms with E-state index < -0.39 is 0 Å². The number of nitrogens with zero attached hydrogens (tertiary/aromatic N) is 3. The molecule has 0 spiro atoms. The van der Waals surface area contributed by atoms with E-state index in [0.717, 1.165) is 5.56 Å². The third-order valence-corrected chi connectivity index (χ3v) is 2.59. The molecule has 1 heterocycles. The molecule has 0 unspecified atom stereocenters. The van der Waals surface area contributed by atoms with Crippen molar-refractivity contribution in [2.24, 2.45) is 10.1 Å². The van der Waals surface area contributed by atoms with Crippen LogP contribution in [0.2, 0.25) is 5.02 Å². The second-order valence-electron chi connectivity index (χ2n) is 4.11. The second-order valence-corrected chi connectivity index (χ2v) is 4.54. The normalized spacial score (nSPS) is 18.2. The molecule has 0 saturated carbocycles. The zero-order valence-corrected chi connectivity index (χ0v) is 9.90. The molecule has 1 aliphatic heterocycles. The van der Waals surface area contributed by atoms with Crippen LogP contribution in [0.25, 0.3) is 0 Å². The van der Waals surface area contributed by atoms with Crippen molar-refractivity contribution in [3.8, 4) is 0 Å². The Morgan fingerprint density at radius 3 is 2.38 bits per heavy atom. The van der Waals surface area contributed by atoms with Crippen molar-refractivity contribution in [3.05, 3.63) is 34.9 Å². The van der Waals surface area contributed by atoms with Crippen LogP contribution in [0, 0.1) is 0 Å². The van der Waals surface area contributed by atoms with Gasteiger partial charge in [0, 0.05) is 11.4 Å². The standard InChI is InChI=1S/C11H12ClN3O/c1-15(2)11(16)13-10(14-15)7-8-3-5-9(12)6-4-8/h3-6H,7H2,1-2H3. The highest BCUT2D eigenvalue weighted by Gasteiger charge is 2.24. The molecule has 0 fully saturated rings. The van der Waals surface area contributed by atoms with E-state index in [1.807, 2.05) is 24.3 Å². The van der Waals surface area contributed by atoms with Crippen molar-refractivity contribution in [2.75, 3.05) is 14.1 Å². The van der Waals surface area contributed by atoms with Crippen molar-refractivity contribution in [2.45, 2.75) is 6.42 Å². The first-order chi connectivity index (χ1) is 7.47. The molecule has 84 valence electrons. The first-order valence-corrected chi connectivity index (χ1v) is 5.29. The summed E-state index contributed by atoms with van der Waals surface area (Å²) < 4.78 is -0.0527. The molecular weight excluding hydrogens is 226 g/mol. The number of quaternary nitrogens is 1. The van der Waals surface area contributed by atoms with E-state index in [4.69, 9.17) is 11.6 Å². The minimum atomic E-state index is -0.232. The van der Waals surface area contributed by atoms with Crippen LogP contribution in [-0.4, -0.2) is 30.5 Å². The Labute approximate surface area is 99.1 Å². The van der Waals surface area contributed by atoms with Crippen LogP contribution < -0.4 is 5.11 Å². The summed E-state index contributed by atoms with van der Waals surface area (Å²) in [6, 6.07) is 7.21. The molecule has 0 aliphatic carbocycles. The van der Waals surface area contributed by atoms with Gasteiger partial charge in [-0.2, -0.15) is 9.58 Å². The van der Waals surface area contributed by atoms with Crippen molar-refractivity contribution in [1.29, 1.82) is 0 Å². The van der Waals surface area contributed by atoms with Crippen LogP contribution in [0.5, 0.6) is 0 Å². The van der Waals surface area contributed by atoms with Gasteiger partial charge >= 0.3 is 0 Å². The van der Waals surface area contributed by atoms with Crippen LogP contribution in [0.15, 0.2) is 34.4 Å². The average Bonchev–Trinajstić information content (AvgIpc) is 2.44. The van der Waals surface area contributed by atoms with E-state index in [9.17, 15) is 5.11 Å². The molecule has 5 heteroatoms. The molecule has 0 radical (unpaired) electrons. The Morgan fingerprint density at radius 2 is 1.88 bits per heavy atom. The zero-order valence-electron chi connectivity index (χ0n) is 9.14. The third kappa shape index (κ3) is 2.23. The number of aliphatic imine (C=N–C) groups is 1. The highest BCUT2D eigenvalue weighted by Crippen LogP contribution is 2.14. The summed E-state index contributed by atoms with van der Waals surface area (Å²) in [5.41, 5.74) is 1.04. The van der Waals surface area contributed by atoms with Gasteiger partial charge in [0.05, 0.1) is 14.1 Å². The molecule has 0 N–H and O–H groups in total. The Balaban J connectivity index is 2.16. The third-order valence-electron chi connectivity index (χ3n) is 2.33. The molecule has 2 rings (SSSR count). The second kappa shape index (κ2) is 3.88. The Bertz CT molecular complexity index is 463. The maximum atomic E-state index is 11.4. The Kier molecular flexibility index (Phi) is 2.69. The van der Waals surface area contributed by atoms with Crippen LogP contribution in [0.3, 0.4) is 0 Å². The molecule has 1 aliphatic rings. The lowest BCUT2D eigenvalue weighted by Gasteiger charge is -2.20. The number of amidine groups is 2. The molecule has 0 aromatic heterocycles. The summed E-state index contributed by atoms with van der Waals surface area (Å²) in [5, 5.41) is 16.3. The first kappa shape index (κ1) is 11.1. The van der Waals surface area contributed by atoms with Crippen LogP contribution in [-0.2, 0) is 6.42 Å². The van der Waals surface area contributed by atoms with E-state index in [-0.39, 0.29) is 10.6 Å². The smallest absolute Gasteiger partial charge is 0.198 e. The fraction of sp³-hybridized carbons (Fsp3) is 0.273. The maximum absolute atomic E-state index is 11.4. The summed E-state index contributed by atoms with van der Waals surface area (Å²) in [4.78, 5) is 3.91. The Hall–Kier alpha value is -1.39. The van der Waals surface area contributed by atoms with Gasteiger partial charge in [-0.15, -0.1) is 0 Å². The number of hydrogen-bond donors (Lipinski definition) is 0. The molecule has 16 heavy (non-hydrogen) atoms. The molecule has 0 saturated heterocycles. The SMILES string of the molecule is C[N+]1(C)N=C(Cc2ccc(Cl)cc2)N=C1[O-]. The fourth-order valence-corrected chi connectivity index (χ4v) is 1.57. The van der Waals surface area contributed by atoms with E-state index in [1.165, 1.54) is 0 Å². The van der Waals surface area contributed by atoms with E-state index >= 15 is 0 Å². The number of halogens is 1. The number of hydrogen-bond acceptors (Lipinski definition) is 3. The predicted molar refractivity (Wildman–Crippen MR) is 62.1 cm³/mol. The molecule has 4 nitrogen and oxygen atoms in total. The minimum Gasteiger partial charge on any atom is -0.814 e. The van der Waals surface area contributed by atoms with Crippen LogP contribution >= 0.6 is 11.6 Å². The van der Waals surface area contributed by atoms with Gasteiger partial charge in [-0.3, -0.25) is 0 Å². The molecule has 1 aromatic carbocycles. The fourth-order valence-electron chi connectivity index (χ4n) is 1.45. The molecular formula is C11H12ClN3O. The highest BCUT2D eigenvalue weighted by molar-refractivity contribution is 6.30. The molecule has 0 bridgehead atoms. The van der Waals surface area contributed by atoms with Gasteiger partial charge in [-0.1, -0.05) is 28.8 Å². The summed E-state index contributed by atoms with van der Waals surface area (Å²) in [5.74, 6) is 0.567. The summed E-state index contributed by atoms with van der Waals surface area (Å²) in [7, 11) is 3.42. The van der Waals surface area contributed by atoms with Gasteiger partial charge in [0.15, 0.2) is 11.9 Å². The largest absolute Gasteiger partial charge is 0.814 e. The average molecular weight is 238 g/mol. The van der Waals surface area contributed by atoms with Gasteiger partial charge < -0.3 is 5.11 Å². The minimum absolute atomic E-state index is 0.0527. The monoisotopic (exact) mass is 237 g/mol. The molecule has 0 atom stereocenters. The predicted octanol–water partition coefficient (Wildman–Crippen LogP) is 1.00. The van der Waals surface area contributed by atoms with Gasteiger partial charge in [0.25, 0.3) is 0 Å². The van der Waals surface area contributed by atoms with Crippen molar-refractivity contribution < 1.29 is 9.70 Å². The van der Waals surface area contributed by atoms with E-state index in [0.29, 0.717) is 17.3 Å². The van der Waals surface area contributed by atoms with Crippen molar-refractivity contribution >= 4 is 23.5 Å². The summed E-state index contributed by atoms with van der Waals surface area (Å²) >= 11 is 5.79. The quantitative estimate of drug-likeness (QED) is 0.708. The number of rotatable bonds is 2. The van der Waals surface area contributed by atoms with Crippen molar-refractivity contribution in [1.82, 2.24) is 0 Å². The summed E-state index contributed by atoms with van der Waals surface area (Å²) in [6.45, 7) is 0. The highest BCUT2D eigenvalue weighted by atomic mass is 35.5. The lowest BCUT2D eigenvalue weighted by atomic mass is 10.1. The Morgan fingerprint density at radius 1 is 1.25 bits per heavy atom. The van der Waals surface area contributed by atoms with Gasteiger partial charge in [0.2, 0.25) is 0 Å². The summed E-state index contributed by atoms with van der Waals surface area (Å²) in [6.07, 6.45) is 0.560. The zero-order chi connectivity index (χ0) is 11.8. The lowest BCUT2D eigenvalue weighted by molar-refractivity contribution is -0.832. The van der Waals surface area contributed by atoms with Gasteiger partial charge in [0.1, 0.15) is 0 Å². The molecule has 0 amide bonds. The first-order valence-electron chi connectivity index (χ1n) is 4.91. The van der Waals surface area contributed by atoms with Gasteiger partial charge in [-0.25, -0.2) is 0 Å². The van der Waals surface area contributed by atoms with Crippen LogP contribution in [0.1, 0.15) is 5.56 Å². The van der Waals surface area contributed by atoms with Crippen molar-refractivity contribution in [3.63, 3.8) is 0 Å². The van der Waals surface area contributed by atoms with Crippen LogP contribution in [0.4, 0.5) is 0 Å².